The van der Waals surface area contributed by atoms with Gasteiger partial charge < -0.3 is 9.67 Å². The molecular formula is C11H20N2O. The number of hydrogen-bond donors (Lipinski definition) is 1. The van der Waals surface area contributed by atoms with E-state index in [1.54, 1.807) is 6.20 Å². The van der Waals surface area contributed by atoms with Crippen molar-refractivity contribution in [2.45, 2.75) is 46.3 Å². The molecule has 80 valence electrons. The Morgan fingerprint density at radius 1 is 1.43 bits per heavy atom. The van der Waals surface area contributed by atoms with Gasteiger partial charge in [0, 0.05) is 24.9 Å². The lowest BCUT2D eigenvalue weighted by molar-refractivity contribution is 0.134. The Kier molecular flexibility index (Phi) is 3.69. The lowest BCUT2D eigenvalue weighted by atomic mass is 9.90. The third-order valence-electron chi connectivity index (χ3n) is 2.62. The van der Waals surface area contributed by atoms with E-state index in [0.717, 1.165) is 12.4 Å². The van der Waals surface area contributed by atoms with Gasteiger partial charge in [0.2, 0.25) is 0 Å². The van der Waals surface area contributed by atoms with Crippen LogP contribution in [0.4, 0.5) is 0 Å². The smallest absolute Gasteiger partial charge is 0.114 e. The summed E-state index contributed by atoms with van der Waals surface area (Å²) in [5.41, 5.74) is 0. The van der Waals surface area contributed by atoms with E-state index < -0.39 is 0 Å². The summed E-state index contributed by atoms with van der Waals surface area (Å²) >= 11 is 0. The Morgan fingerprint density at radius 2 is 2.07 bits per heavy atom. The molecule has 0 spiro atoms. The fourth-order valence-corrected chi connectivity index (χ4v) is 1.96. The van der Waals surface area contributed by atoms with Gasteiger partial charge in [0.15, 0.2) is 0 Å². The van der Waals surface area contributed by atoms with Crippen LogP contribution in [-0.2, 0) is 6.54 Å². The summed E-state index contributed by atoms with van der Waals surface area (Å²) in [6.07, 6.45) is 3.42. The molecule has 0 aliphatic heterocycles. The van der Waals surface area contributed by atoms with Gasteiger partial charge in [-0.3, -0.25) is 0 Å². The van der Waals surface area contributed by atoms with E-state index in [1.165, 1.54) is 0 Å². The van der Waals surface area contributed by atoms with Crippen molar-refractivity contribution in [3.8, 4) is 0 Å². The van der Waals surface area contributed by atoms with Crippen LogP contribution in [-0.4, -0.2) is 20.8 Å². The quantitative estimate of drug-likeness (QED) is 0.800. The molecule has 1 heterocycles. The Hall–Kier alpha value is -0.830. The maximum Gasteiger partial charge on any atom is 0.114 e. The molecule has 2 unspecified atom stereocenters. The van der Waals surface area contributed by atoms with E-state index in [0.29, 0.717) is 5.92 Å². The summed E-state index contributed by atoms with van der Waals surface area (Å²) < 4.78 is 2.09. The van der Waals surface area contributed by atoms with Gasteiger partial charge in [0.05, 0.1) is 6.10 Å². The zero-order chi connectivity index (χ0) is 10.7. The summed E-state index contributed by atoms with van der Waals surface area (Å²) in [7, 11) is 0. The molecule has 1 aromatic heterocycles. The first-order valence-electron chi connectivity index (χ1n) is 5.27. The molecule has 0 fully saturated rings. The van der Waals surface area contributed by atoms with Gasteiger partial charge in [-0.25, -0.2) is 4.98 Å². The van der Waals surface area contributed by atoms with Crippen molar-refractivity contribution in [1.29, 1.82) is 0 Å². The fraction of sp³-hybridized carbons (Fsp3) is 0.727. The number of aryl methyl sites for hydroxylation is 1. The number of imidazole rings is 1. The zero-order valence-electron chi connectivity index (χ0n) is 9.44. The van der Waals surface area contributed by atoms with Gasteiger partial charge >= 0.3 is 0 Å². The highest BCUT2D eigenvalue weighted by Crippen LogP contribution is 2.26. The van der Waals surface area contributed by atoms with Crippen molar-refractivity contribution in [1.82, 2.24) is 9.55 Å². The minimum absolute atomic E-state index is 0.130. The molecule has 1 rings (SSSR count). The van der Waals surface area contributed by atoms with Crippen LogP contribution >= 0.6 is 0 Å². The van der Waals surface area contributed by atoms with E-state index in [4.69, 9.17) is 0 Å². The predicted octanol–water partition coefficient (Wildman–Crippen LogP) is 2.02. The van der Waals surface area contributed by atoms with Crippen LogP contribution in [0.3, 0.4) is 0 Å². The number of aliphatic hydroxyl groups excluding tert-OH is 1. The second-order valence-electron chi connectivity index (χ2n) is 4.08. The van der Waals surface area contributed by atoms with E-state index in [2.05, 4.69) is 30.3 Å². The van der Waals surface area contributed by atoms with Crippen molar-refractivity contribution in [3.63, 3.8) is 0 Å². The van der Waals surface area contributed by atoms with E-state index in [9.17, 15) is 5.11 Å². The normalized spacial score (nSPS) is 15.9. The third-order valence-corrected chi connectivity index (χ3v) is 2.62. The molecule has 0 aliphatic rings. The molecule has 3 nitrogen and oxygen atoms in total. The van der Waals surface area contributed by atoms with Gasteiger partial charge in [0.1, 0.15) is 5.82 Å². The van der Waals surface area contributed by atoms with Crippen molar-refractivity contribution >= 4 is 0 Å². The fourth-order valence-electron chi connectivity index (χ4n) is 1.96. The number of rotatable bonds is 4. The molecular weight excluding hydrogens is 176 g/mol. The van der Waals surface area contributed by atoms with Gasteiger partial charge in [-0.1, -0.05) is 13.8 Å². The molecule has 0 amide bonds. The maximum atomic E-state index is 9.72. The van der Waals surface area contributed by atoms with E-state index in [1.807, 2.05) is 13.1 Å². The average molecular weight is 196 g/mol. The summed E-state index contributed by atoms with van der Waals surface area (Å²) in [6, 6.07) is 0. The standard InChI is InChI=1S/C11H20N2O/c1-5-13-7-6-12-11(13)10(8(2)3)9(4)14/h6-10,14H,5H2,1-4H3. The van der Waals surface area contributed by atoms with Gasteiger partial charge in [0.25, 0.3) is 0 Å². The molecule has 0 saturated heterocycles. The van der Waals surface area contributed by atoms with Crippen LogP contribution < -0.4 is 0 Å². The molecule has 1 aromatic rings. The maximum absolute atomic E-state index is 9.72. The molecule has 0 radical (unpaired) electrons. The van der Waals surface area contributed by atoms with Crippen LogP contribution in [0.5, 0.6) is 0 Å². The Morgan fingerprint density at radius 3 is 2.50 bits per heavy atom. The number of aromatic nitrogens is 2. The predicted molar refractivity (Wildman–Crippen MR) is 57.2 cm³/mol. The molecule has 0 saturated carbocycles. The molecule has 2 atom stereocenters. The van der Waals surface area contributed by atoms with Crippen molar-refractivity contribution in [3.05, 3.63) is 18.2 Å². The molecule has 0 aromatic carbocycles. The Labute approximate surface area is 85.8 Å². The summed E-state index contributed by atoms with van der Waals surface area (Å²) in [6.45, 7) is 9.06. The van der Waals surface area contributed by atoms with Gasteiger partial charge in [-0.15, -0.1) is 0 Å². The highest BCUT2D eigenvalue weighted by atomic mass is 16.3. The SMILES string of the molecule is CCn1ccnc1C(C(C)C)C(C)O. The summed E-state index contributed by atoms with van der Waals surface area (Å²) in [5, 5.41) is 9.72. The van der Waals surface area contributed by atoms with Crippen LogP contribution in [0.2, 0.25) is 0 Å². The Balaban J connectivity index is 2.98. The van der Waals surface area contributed by atoms with Crippen LogP contribution in [0.15, 0.2) is 12.4 Å². The van der Waals surface area contributed by atoms with Crippen LogP contribution in [0.1, 0.15) is 39.4 Å². The number of aliphatic hydroxyl groups is 1. The van der Waals surface area contributed by atoms with Gasteiger partial charge in [-0.05, 0) is 19.8 Å². The van der Waals surface area contributed by atoms with Crippen molar-refractivity contribution in [2.75, 3.05) is 0 Å². The van der Waals surface area contributed by atoms with E-state index >= 15 is 0 Å². The lowest BCUT2D eigenvalue weighted by Gasteiger charge is -2.23. The molecule has 0 bridgehead atoms. The largest absolute Gasteiger partial charge is 0.393 e. The number of hydrogen-bond acceptors (Lipinski definition) is 2. The highest BCUT2D eigenvalue weighted by molar-refractivity contribution is 5.03. The Bertz CT molecular complexity index is 271. The van der Waals surface area contributed by atoms with Crippen LogP contribution in [0, 0.1) is 5.92 Å². The second-order valence-corrected chi connectivity index (χ2v) is 4.08. The molecule has 14 heavy (non-hydrogen) atoms. The van der Waals surface area contributed by atoms with Crippen molar-refractivity contribution in [2.24, 2.45) is 5.92 Å². The zero-order valence-corrected chi connectivity index (χ0v) is 9.44. The molecule has 1 N–H and O–H groups in total. The highest BCUT2D eigenvalue weighted by Gasteiger charge is 2.24. The average Bonchev–Trinajstić information content (AvgIpc) is 2.51. The molecule has 3 heteroatoms. The monoisotopic (exact) mass is 196 g/mol. The lowest BCUT2D eigenvalue weighted by Crippen LogP contribution is -2.23. The first kappa shape index (κ1) is 11.2. The second kappa shape index (κ2) is 4.60. The third kappa shape index (κ3) is 2.15. The topological polar surface area (TPSA) is 38.0 Å². The van der Waals surface area contributed by atoms with Gasteiger partial charge in [-0.2, -0.15) is 0 Å². The summed E-state index contributed by atoms with van der Waals surface area (Å²) in [5.74, 6) is 1.53. The first-order chi connectivity index (χ1) is 6.57. The van der Waals surface area contributed by atoms with Crippen molar-refractivity contribution < 1.29 is 5.11 Å². The van der Waals surface area contributed by atoms with Crippen LogP contribution in [0.25, 0.3) is 0 Å². The minimum Gasteiger partial charge on any atom is -0.393 e. The minimum atomic E-state index is -0.345. The number of nitrogens with zero attached hydrogens (tertiary/aromatic N) is 2. The molecule has 0 aliphatic carbocycles. The summed E-state index contributed by atoms with van der Waals surface area (Å²) in [4.78, 5) is 4.33. The first-order valence-corrected chi connectivity index (χ1v) is 5.27. The van der Waals surface area contributed by atoms with E-state index in [-0.39, 0.29) is 12.0 Å².